The van der Waals surface area contributed by atoms with E-state index in [0.29, 0.717) is 18.3 Å². The topological polar surface area (TPSA) is 53.1 Å². The average molecular weight is 345 g/mol. The molecule has 0 aliphatic rings. The van der Waals surface area contributed by atoms with E-state index in [1.54, 1.807) is 4.68 Å². The van der Waals surface area contributed by atoms with Crippen molar-refractivity contribution in [2.75, 3.05) is 0 Å². The third-order valence-electron chi connectivity index (χ3n) is 2.87. The van der Waals surface area contributed by atoms with Crippen LogP contribution in [-0.2, 0) is 20.2 Å². The minimum absolute atomic E-state index is 0.388. The number of rotatable bonds is 4. The Morgan fingerprint density at radius 3 is 2.74 bits per heavy atom. The van der Waals surface area contributed by atoms with Gasteiger partial charge in [0.05, 0.1) is 10.2 Å². The van der Waals surface area contributed by atoms with E-state index in [1.807, 2.05) is 32.2 Å². The second kappa shape index (κ2) is 5.94. The second-order valence-corrected chi connectivity index (χ2v) is 5.45. The Labute approximate surface area is 125 Å². The van der Waals surface area contributed by atoms with Crippen molar-refractivity contribution >= 4 is 27.5 Å². The van der Waals surface area contributed by atoms with Gasteiger partial charge in [-0.2, -0.15) is 5.10 Å². The van der Waals surface area contributed by atoms with E-state index in [0.717, 1.165) is 27.0 Å². The molecule has 0 atom stereocenters. The molecule has 1 aromatic heterocycles. The molecule has 0 aliphatic carbocycles. The zero-order chi connectivity index (χ0) is 14.0. The van der Waals surface area contributed by atoms with E-state index in [9.17, 15) is 0 Å². The zero-order valence-electron chi connectivity index (χ0n) is 10.8. The van der Waals surface area contributed by atoms with E-state index < -0.39 is 0 Å². The van der Waals surface area contributed by atoms with E-state index in [2.05, 4.69) is 21.0 Å². The summed E-state index contributed by atoms with van der Waals surface area (Å²) in [4.78, 5) is 0. The highest BCUT2D eigenvalue weighted by Gasteiger charge is 2.12. The third kappa shape index (κ3) is 3.11. The summed E-state index contributed by atoms with van der Waals surface area (Å²) in [5.74, 6) is 0.761. The molecule has 102 valence electrons. The Kier molecular flexibility index (Phi) is 4.50. The van der Waals surface area contributed by atoms with Crippen LogP contribution in [0.25, 0.3) is 0 Å². The van der Waals surface area contributed by atoms with E-state index in [-0.39, 0.29) is 0 Å². The van der Waals surface area contributed by atoms with Gasteiger partial charge in [0.15, 0.2) is 0 Å². The van der Waals surface area contributed by atoms with Gasteiger partial charge < -0.3 is 10.5 Å². The Bertz CT molecular complexity index is 598. The number of aryl methyl sites for hydroxylation is 2. The first-order valence-corrected chi connectivity index (χ1v) is 6.99. The Morgan fingerprint density at radius 2 is 2.21 bits per heavy atom. The van der Waals surface area contributed by atoms with Crippen LogP contribution in [0.3, 0.4) is 0 Å². The molecular formula is C13H15BrClN3O. The van der Waals surface area contributed by atoms with Gasteiger partial charge in [-0.3, -0.25) is 4.68 Å². The molecule has 0 radical (unpaired) electrons. The molecule has 0 aliphatic heterocycles. The molecule has 2 rings (SSSR count). The first-order chi connectivity index (χ1) is 9.02. The van der Waals surface area contributed by atoms with Gasteiger partial charge in [0.2, 0.25) is 0 Å². The molecule has 2 N–H and O–H groups in total. The second-order valence-electron chi connectivity index (χ2n) is 4.24. The molecular weight excluding hydrogens is 330 g/mol. The molecule has 4 nitrogen and oxygen atoms in total. The fourth-order valence-corrected chi connectivity index (χ4v) is 2.55. The summed E-state index contributed by atoms with van der Waals surface area (Å²) >= 11 is 9.63. The van der Waals surface area contributed by atoms with Crippen molar-refractivity contribution < 1.29 is 4.74 Å². The lowest BCUT2D eigenvalue weighted by molar-refractivity contribution is 0.303. The molecule has 0 amide bonds. The van der Waals surface area contributed by atoms with Crippen molar-refractivity contribution in [2.24, 2.45) is 12.8 Å². The maximum Gasteiger partial charge on any atom is 0.134 e. The van der Waals surface area contributed by atoms with Gasteiger partial charge >= 0.3 is 0 Å². The number of ether oxygens (including phenoxy) is 1. The minimum atomic E-state index is 0.388. The molecule has 0 bridgehead atoms. The molecule has 2 aromatic rings. The van der Waals surface area contributed by atoms with Gasteiger partial charge in [0, 0.05) is 19.2 Å². The van der Waals surface area contributed by atoms with Gasteiger partial charge in [0.1, 0.15) is 17.5 Å². The van der Waals surface area contributed by atoms with Crippen LogP contribution in [-0.4, -0.2) is 9.78 Å². The fourth-order valence-electron chi connectivity index (χ4n) is 1.78. The van der Waals surface area contributed by atoms with Gasteiger partial charge in [-0.05, 0) is 40.5 Å². The highest BCUT2D eigenvalue weighted by molar-refractivity contribution is 9.10. The molecule has 6 heteroatoms. The van der Waals surface area contributed by atoms with Crippen LogP contribution in [0.4, 0.5) is 0 Å². The summed E-state index contributed by atoms with van der Waals surface area (Å²) in [5, 5.41) is 4.85. The number of hydrogen-bond donors (Lipinski definition) is 1. The molecule has 1 aromatic carbocycles. The smallest absolute Gasteiger partial charge is 0.134 e. The van der Waals surface area contributed by atoms with Gasteiger partial charge in [-0.15, -0.1) is 0 Å². The lowest BCUT2D eigenvalue weighted by Gasteiger charge is -2.09. The van der Waals surface area contributed by atoms with Crippen molar-refractivity contribution in [1.29, 1.82) is 0 Å². The molecule has 0 fully saturated rings. The number of nitrogens with zero attached hydrogens (tertiary/aromatic N) is 2. The monoisotopic (exact) mass is 343 g/mol. The van der Waals surface area contributed by atoms with E-state index >= 15 is 0 Å². The molecule has 0 saturated carbocycles. The molecule has 0 spiro atoms. The summed E-state index contributed by atoms with van der Waals surface area (Å²) in [6.07, 6.45) is 0. The number of aromatic nitrogens is 2. The lowest BCUT2D eigenvalue weighted by Crippen LogP contribution is -2.00. The van der Waals surface area contributed by atoms with E-state index in [4.69, 9.17) is 22.1 Å². The minimum Gasteiger partial charge on any atom is -0.488 e. The summed E-state index contributed by atoms with van der Waals surface area (Å²) in [7, 11) is 1.81. The van der Waals surface area contributed by atoms with Crippen molar-refractivity contribution in [3.05, 3.63) is 44.6 Å². The Balaban J connectivity index is 2.14. The number of halogens is 2. The third-order valence-corrected chi connectivity index (χ3v) is 3.97. The summed E-state index contributed by atoms with van der Waals surface area (Å²) in [6.45, 7) is 2.81. The molecule has 0 unspecified atom stereocenters. The van der Waals surface area contributed by atoms with Crippen molar-refractivity contribution in [3.63, 3.8) is 0 Å². The highest BCUT2D eigenvalue weighted by Crippen LogP contribution is 2.28. The lowest BCUT2D eigenvalue weighted by atomic mass is 10.2. The van der Waals surface area contributed by atoms with Gasteiger partial charge in [-0.25, -0.2) is 0 Å². The Hall–Kier alpha value is -1.04. The van der Waals surface area contributed by atoms with E-state index in [1.165, 1.54) is 0 Å². The van der Waals surface area contributed by atoms with Crippen molar-refractivity contribution in [2.45, 2.75) is 20.1 Å². The zero-order valence-corrected chi connectivity index (χ0v) is 13.1. The predicted octanol–water partition coefficient (Wildman–Crippen LogP) is 3.18. The van der Waals surface area contributed by atoms with Crippen LogP contribution in [0.5, 0.6) is 5.75 Å². The molecule has 0 saturated heterocycles. The SMILES string of the molecule is Cc1nn(C)c(Cl)c1COc1ccc(CN)cc1Br. The van der Waals surface area contributed by atoms with Crippen LogP contribution in [0, 0.1) is 6.92 Å². The van der Waals surface area contributed by atoms with Crippen LogP contribution in [0.1, 0.15) is 16.8 Å². The van der Waals surface area contributed by atoms with Gasteiger partial charge in [-0.1, -0.05) is 17.7 Å². The van der Waals surface area contributed by atoms with Crippen molar-refractivity contribution in [1.82, 2.24) is 9.78 Å². The summed E-state index contributed by atoms with van der Waals surface area (Å²) < 4.78 is 8.30. The Morgan fingerprint density at radius 1 is 1.47 bits per heavy atom. The average Bonchev–Trinajstić information content (AvgIpc) is 2.62. The van der Waals surface area contributed by atoms with Crippen LogP contribution < -0.4 is 10.5 Å². The van der Waals surface area contributed by atoms with Crippen LogP contribution in [0.15, 0.2) is 22.7 Å². The summed E-state index contributed by atoms with van der Waals surface area (Å²) in [6, 6.07) is 5.79. The first-order valence-electron chi connectivity index (χ1n) is 5.82. The highest BCUT2D eigenvalue weighted by atomic mass is 79.9. The largest absolute Gasteiger partial charge is 0.488 e. The standard InChI is InChI=1S/C13H15BrClN3O/c1-8-10(13(15)18(2)17-8)7-19-12-4-3-9(6-16)5-11(12)14/h3-5H,6-7,16H2,1-2H3. The molecule has 1 heterocycles. The van der Waals surface area contributed by atoms with Crippen LogP contribution >= 0.6 is 27.5 Å². The normalized spacial score (nSPS) is 10.8. The molecule has 19 heavy (non-hydrogen) atoms. The van der Waals surface area contributed by atoms with Gasteiger partial charge in [0.25, 0.3) is 0 Å². The summed E-state index contributed by atoms with van der Waals surface area (Å²) in [5.41, 5.74) is 8.42. The fraction of sp³-hybridized carbons (Fsp3) is 0.308. The van der Waals surface area contributed by atoms with Crippen molar-refractivity contribution in [3.8, 4) is 5.75 Å². The number of benzene rings is 1. The number of nitrogens with two attached hydrogens (primary N) is 1. The predicted molar refractivity (Wildman–Crippen MR) is 79.3 cm³/mol. The maximum atomic E-state index is 6.16. The quantitative estimate of drug-likeness (QED) is 0.927. The van der Waals surface area contributed by atoms with Crippen LogP contribution in [0.2, 0.25) is 5.15 Å². The number of hydrogen-bond acceptors (Lipinski definition) is 3. The first kappa shape index (κ1) is 14.4. The maximum absolute atomic E-state index is 6.16.